The number of carbonyl (C=O) groups is 1. The summed E-state index contributed by atoms with van der Waals surface area (Å²) in [6.07, 6.45) is 1.73. The Morgan fingerprint density at radius 1 is 1.41 bits per heavy atom. The van der Waals surface area contributed by atoms with Gasteiger partial charge in [0.25, 0.3) is 0 Å². The summed E-state index contributed by atoms with van der Waals surface area (Å²) in [7, 11) is 0. The molecule has 0 aromatic heterocycles. The van der Waals surface area contributed by atoms with Gasteiger partial charge in [-0.1, -0.05) is 6.07 Å². The number of Topliss-reactive ketones (excluding diaryl/α,β-unsaturated/α-hetero) is 1. The van der Waals surface area contributed by atoms with Crippen molar-refractivity contribution in [3.05, 3.63) is 56.8 Å². The van der Waals surface area contributed by atoms with Gasteiger partial charge < -0.3 is 10.5 Å². The van der Waals surface area contributed by atoms with E-state index in [2.05, 4.69) is 15.9 Å². The Balaban J connectivity index is 2.20. The van der Waals surface area contributed by atoms with Crippen LogP contribution in [0.1, 0.15) is 30.7 Å². The number of rotatable bonds is 1. The fourth-order valence-corrected chi connectivity index (χ4v) is 3.28. The van der Waals surface area contributed by atoms with Crippen molar-refractivity contribution in [1.29, 1.82) is 5.26 Å². The molecule has 0 saturated heterocycles. The van der Waals surface area contributed by atoms with Crippen LogP contribution >= 0.6 is 15.9 Å². The Bertz CT molecular complexity index is 777. The molecule has 0 bridgehead atoms. The molecule has 112 valence electrons. The highest BCUT2D eigenvalue weighted by atomic mass is 79.9. The number of ketones is 1. The van der Waals surface area contributed by atoms with Crippen molar-refractivity contribution in [1.82, 2.24) is 0 Å². The predicted molar refractivity (Wildman–Crippen MR) is 80.6 cm³/mol. The van der Waals surface area contributed by atoms with Crippen molar-refractivity contribution in [2.24, 2.45) is 5.73 Å². The van der Waals surface area contributed by atoms with Crippen molar-refractivity contribution in [2.45, 2.75) is 25.2 Å². The Labute approximate surface area is 135 Å². The summed E-state index contributed by atoms with van der Waals surface area (Å²) in [6.45, 7) is 0. The Hall–Kier alpha value is -2.13. The van der Waals surface area contributed by atoms with E-state index >= 15 is 0 Å². The minimum Gasteiger partial charge on any atom is -0.444 e. The number of nitrogens with zero attached hydrogens (tertiary/aromatic N) is 1. The first-order chi connectivity index (χ1) is 10.5. The zero-order valence-corrected chi connectivity index (χ0v) is 13.1. The van der Waals surface area contributed by atoms with Gasteiger partial charge in [-0.3, -0.25) is 4.79 Å². The van der Waals surface area contributed by atoms with Crippen LogP contribution in [0, 0.1) is 17.1 Å². The molecule has 0 spiro atoms. The lowest BCUT2D eigenvalue weighted by Crippen LogP contribution is -2.27. The molecule has 1 aliphatic carbocycles. The van der Waals surface area contributed by atoms with E-state index in [1.807, 2.05) is 6.07 Å². The zero-order valence-electron chi connectivity index (χ0n) is 11.5. The first-order valence-electron chi connectivity index (χ1n) is 6.81. The van der Waals surface area contributed by atoms with Crippen LogP contribution < -0.4 is 5.73 Å². The SMILES string of the molecule is N#CC1=C(N)OC2=C(C(=O)CCC2)[C@@H]1c1ccc(F)c(Br)c1. The largest absolute Gasteiger partial charge is 0.444 e. The third-order valence-electron chi connectivity index (χ3n) is 3.88. The van der Waals surface area contributed by atoms with Gasteiger partial charge >= 0.3 is 0 Å². The highest BCUT2D eigenvalue weighted by Gasteiger charge is 2.38. The molecule has 3 rings (SSSR count). The van der Waals surface area contributed by atoms with Crippen molar-refractivity contribution >= 4 is 21.7 Å². The van der Waals surface area contributed by atoms with E-state index in [0.717, 1.165) is 0 Å². The van der Waals surface area contributed by atoms with E-state index in [1.54, 1.807) is 12.1 Å². The molecule has 1 atom stereocenters. The molecule has 0 fully saturated rings. The van der Waals surface area contributed by atoms with Gasteiger partial charge in [0.2, 0.25) is 5.88 Å². The van der Waals surface area contributed by atoms with Gasteiger partial charge in [-0.25, -0.2) is 4.39 Å². The molecule has 2 N–H and O–H groups in total. The summed E-state index contributed by atoms with van der Waals surface area (Å²) >= 11 is 3.14. The summed E-state index contributed by atoms with van der Waals surface area (Å²) in [4.78, 5) is 12.3. The molecule has 0 amide bonds. The van der Waals surface area contributed by atoms with Crippen LogP contribution in [0.4, 0.5) is 4.39 Å². The highest BCUT2D eigenvalue weighted by molar-refractivity contribution is 9.10. The van der Waals surface area contributed by atoms with Gasteiger partial charge in [-0.05, 0) is 40.0 Å². The lowest BCUT2D eigenvalue weighted by atomic mass is 9.77. The second-order valence-corrected chi connectivity index (χ2v) is 6.07. The van der Waals surface area contributed by atoms with Crippen LogP contribution in [0.5, 0.6) is 0 Å². The normalized spacial score (nSPS) is 21.3. The molecular weight excluding hydrogens is 351 g/mol. The molecule has 4 nitrogen and oxygen atoms in total. The van der Waals surface area contributed by atoms with Gasteiger partial charge in [-0.2, -0.15) is 5.26 Å². The standard InChI is InChI=1S/C16H12BrFN2O2/c17-10-6-8(4-5-11(10)18)14-9(7-19)16(20)22-13-3-1-2-12(21)15(13)14/h4-6,14H,1-3,20H2/t14-/m1/s1. The van der Waals surface area contributed by atoms with Crippen LogP contribution in [0.25, 0.3) is 0 Å². The van der Waals surface area contributed by atoms with E-state index < -0.39 is 11.7 Å². The van der Waals surface area contributed by atoms with E-state index in [4.69, 9.17) is 10.5 Å². The number of benzene rings is 1. The number of hydrogen-bond acceptors (Lipinski definition) is 4. The maximum Gasteiger partial charge on any atom is 0.205 e. The van der Waals surface area contributed by atoms with Crippen molar-refractivity contribution < 1.29 is 13.9 Å². The number of allylic oxidation sites excluding steroid dienone is 3. The summed E-state index contributed by atoms with van der Waals surface area (Å²) in [5.41, 5.74) is 7.13. The number of halogens is 2. The maximum atomic E-state index is 13.5. The number of carbonyl (C=O) groups excluding carboxylic acids is 1. The first kappa shape index (κ1) is 14.8. The number of hydrogen-bond donors (Lipinski definition) is 1. The number of nitriles is 1. The Morgan fingerprint density at radius 2 is 2.18 bits per heavy atom. The summed E-state index contributed by atoms with van der Waals surface area (Å²) < 4.78 is 19.2. The van der Waals surface area contributed by atoms with Gasteiger partial charge in [0.15, 0.2) is 5.78 Å². The molecule has 0 radical (unpaired) electrons. The van der Waals surface area contributed by atoms with Crippen LogP contribution in [0.2, 0.25) is 0 Å². The fourth-order valence-electron chi connectivity index (χ4n) is 2.88. The maximum absolute atomic E-state index is 13.5. The minimum absolute atomic E-state index is 0.0152. The van der Waals surface area contributed by atoms with Crippen LogP contribution in [-0.4, -0.2) is 5.78 Å². The molecule has 1 aliphatic heterocycles. The van der Waals surface area contributed by atoms with Gasteiger partial charge in [0, 0.05) is 18.4 Å². The molecule has 1 aromatic rings. The van der Waals surface area contributed by atoms with Gasteiger partial charge in [0.05, 0.1) is 10.4 Å². The highest BCUT2D eigenvalue weighted by Crippen LogP contribution is 2.43. The quantitative estimate of drug-likeness (QED) is 0.830. The monoisotopic (exact) mass is 362 g/mol. The molecule has 0 saturated carbocycles. The van der Waals surface area contributed by atoms with Crippen LogP contribution in [0.3, 0.4) is 0 Å². The molecular formula is C16H12BrFN2O2. The van der Waals surface area contributed by atoms with E-state index in [1.165, 1.54) is 6.07 Å². The number of nitrogens with two attached hydrogens (primary N) is 1. The van der Waals surface area contributed by atoms with Crippen LogP contribution in [0.15, 0.2) is 45.5 Å². The second kappa shape index (κ2) is 5.58. The Morgan fingerprint density at radius 3 is 2.86 bits per heavy atom. The van der Waals surface area contributed by atoms with E-state index in [9.17, 15) is 14.4 Å². The molecule has 1 heterocycles. The van der Waals surface area contributed by atoms with Crippen molar-refractivity contribution in [2.75, 3.05) is 0 Å². The van der Waals surface area contributed by atoms with E-state index in [-0.39, 0.29) is 21.7 Å². The van der Waals surface area contributed by atoms with Crippen molar-refractivity contribution in [3.8, 4) is 6.07 Å². The smallest absolute Gasteiger partial charge is 0.205 e. The fraction of sp³-hybridized carbons (Fsp3) is 0.250. The summed E-state index contributed by atoms with van der Waals surface area (Å²) in [6, 6.07) is 6.46. The summed E-state index contributed by atoms with van der Waals surface area (Å²) in [5.74, 6) is -0.513. The first-order valence-corrected chi connectivity index (χ1v) is 7.61. The predicted octanol–water partition coefficient (Wildman–Crippen LogP) is 3.40. The molecule has 0 unspecified atom stereocenters. The van der Waals surface area contributed by atoms with Gasteiger partial charge in [-0.15, -0.1) is 0 Å². The lowest BCUT2D eigenvalue weighted by Gasteiger charge is -2.31. The molecule has 1 aromatic carbocycles. The lowest BCUT2D eigenvalue weighted by molar-refractivity contribution is -0.116. The molecule has 22 heavy (non-hydrogen) atoms. The van der Waals surface area contributed by atoms with Crippen molar-refractivity contribution in [3.63, 3.8) is 0 Å². The average molecular weight is 363 g/mol. The third kappa shape index (κ3) is 2.32. The molecule has 6 heteroatoms. The summed E-state index contributed by atoms with van der Waals surface area (Å²) in [5, 5.41) is 9.41. The topological polar surface area (TPSA) is 76.1 Å². The third-order valence-corrected chi connectivity index (χ3v) is 4.49. The minimum atomic E-state index is -0.599. The zero-order chi connectivity index (χ0) is 15.9. The number of ether oxygens (including phenoxy) is 1. The van der Waals surface area contributed by atoms with Crippen LogP contribution in [-0.2, 0) is 9.53 Å². The average Bonchev–Trinajstić information content (AvgIpc) is 2.49. The van der Waals surface area contributed by atoms with Gasteiger partial charge in [0.1, 0.15) is 23.2 Å². The van der Waals surface area contributed by atoms with E-state index in [0.29, 0.717) is 36.2 Å². The second-order valence-electron chi connectivity index (χ2n) is 5.21. The Kier molecular flexibility index (Phi) is 3.75. The molecule has 2 aliphatic rings.